The highest BCUT2D eigenvalue weighted by atomic mass is 19.2. The van der Waals surface area contributed by atoms with Crippen LogP contribution in [0.3, 0.4) is 0 Å². The van der Waals surface area contributed by atoms with E-state index in [9.17, 15) is 27.9 Å². The van der Waals surface area contributed by atoms with Gasteiger partial charge in [-0.3, -0.25) is 4.79 Å². The molecule has 0 aliphatic carbocycles. The minimum absolute atomic E-state index is 0.0461. The molecule has 1 saturated heterocycles. The van der Waals surface area contributed by atoms with Crippen LogP contribution >= 0.6 is 0 Å². The third-order valence-electron chi connectivity index (χ3n) is 3.91. The van der Waals surface area contributed by atoms with Crippen LogP contribution in [0.4, 0.5) is 13.2 Å². The number of likely N-dealkylation sites (tertiary alicyclic amines) is 1. The van der Waals surface area contributed by atoms with Gasteiger partial charge in [0, 0.05) is 6.42 Å². The molecule has 1 aliphatic rings. The molecule has 1 heterocycles. The van der Waals surface area contributed by atoms with Crippen molar-refractivity contribution in [1.29, 1.82) is 0 Å². The summed E-state index contributed by atoms with van der Waals surface area (Å²) in [5.41, 5.74) is 0.0461. The van der Waals surface area contributed by atoms with Crippen molar-refractivity contribution in [3.05, 3.63) is 47.8 Å². The number of carboxylic acid groups (broad SMARTS) is 1. The Labute approximate surface area is 131 Å². The van der Waals surface area contributed by atoms with Crippen molar-refractivity contribution in [2.45, 2.75) is 37.8 Å². The SMILES string of the molecule is C=CCC(=O)N1C(C(=O)O)CCCC1c1cc(F)c(F)c(F)c1. The Morgan fingerprint density at radius 1 is 1.26 bits per heavy atom. The lowest BCUT2D eigenvalue weighted by Gasteiger charge is -2.40. The van der Waals surface area contributed by atoms with Gasteiger partial charge >= 0.3 is 5.97 Å². The minimum Gasteiger partial charge on any atom is -0.480 e. The summed E-state index contributed by atoms with van der Waals surface area (Å²) in [5.74, 6) is -6.01. The van der Waals surface area contributed by atoms with Crippen LogP contribution < -0.4 is 0 Å². The molecule has 23 heavy (non-hydrogen) atoms. The molecule has 2 unspecified atom stereocenters. The van der Waals surface area contributed by atoms with Crippen LogP contribution in [-0.4, -0.2) is 27.9 Å². The average molecular weight is 327 g/mol. The molecule has 1 amide bonds. The van der Waals surface area contributed by atoms with Crippen LogP contribution in [0.15, 0.2) is 24.8 Å². The van der Waals surface area contributed by atoms with Crippen molar-refractivity contribution in [1.82, 2.24) is 4.90 Å². The number of carboxylic acids is 1. The first-order chi connectivity index (χ1) is 10.9. The van der Waals surface area contributed by atoms with E-state index in [-0.39, 0.29) is 18.4 Å². The number of amides is 1. The summed E-state index contributed by atoms with van der Waals surface area (Å²) in [5, 5.41) is 9.32. The number of piperidine rings is 1. The van der Waals surface area contributed by atoms with E-state index >= 15 is 0 Å². The fourth-order valence-electron chi connectivity index (χ4n) is 2.91. The second kappa shape index (κ2) is 6.85. The van der Waals surface area contributed by atoms with Gasteiger partial charge in [0.05, 0.1) is 6.04 Å². The summed E-state index contributed by atoms with van der Waals surface area (Å²) in [7, 11) is 0. The van der Waals surface area contributed by atoms with E-state index in [1.165, 1.54) is 6.08 Å². The molecule has 1 aromatic carbocycles. The number of carbonyl (C=O) groups is 2. The largest absolute Gasteiger partial charge is 0.480 e. The number of aliphatic carboxylic acids is 1. The number of rotatable bonds is 4. The second-order valence-corrected chi connectivity index (χ2v) is 5.39. The highest BCUT2D eigenvalue weighted by Crippen LogP contribution is 2.36. The molecule has 1 aliphatic heterocycles. The van der Waals surface area contributed by atoms with Crippen LogP contribution in [0.1, 0.15) is 37.3 Å². The van der Waals surface area contributed by atoms with Gasteiger partial charge < -0.3 is 10.0 Å². The zero-order valence-electron chi connectivity index (χ0n) is 12.3. The summed E-state index contributed by atoms with van der Waals surface area (Å²) in [6, 6.07) is -0.289. The average Bonchev–Trinajstić information content (AvgIpc) is 2.51. The van der Waals surface area contributed by atoms with Gasteiger partial charge in [-0.1, -0.05) is 6.08 Å². The molecule has 1 fully saturated rings. The monoisotopic (exact) mass is 327 g/mol. The van der Waals surface area contributed by atoms with Crippen molar-refractivity contribution < 1.29 is 27.9 Å². The lowest BCUT2D eigenvalue weighted by molar-refractivity contribution is -0.154. The lowest BCUT2D eigenvalue weighted by atomic mass is 9.90. The third-order valence-corrected chi connectivity index (χ3v) is 3.91. The van der Waals surface area contributed by atoms with Crippen LogP contribution in [0.25, 0.3) is 0 Å². The van der Waals surface area contributed by atoms with Crippen molar-refractivity contribution in [3.63, 3.8) is 0 Å². The Bertz CT molecular complexity index is 624. The van der Waals surface area contributed by atoms with Crippen molar-refractivity contribution >= 4 is 11.9 Å². The first-order valence-electron chi connectivity index (χ1n) is 7.16. The maximum atomic E-state index is 13.5. The van der Waals surface area contributed by atoms with Gasteiger partial charge in [0.15, 0.2) is 17.5 Å². The minimum atomic E-state index is -1.59. The summed E-state index contributed by atoms with van der Waals surface area (Å²) >= 11 is 0. The van der Waals surface area contributed by atoms with Crippen LogP contribution in [0.5, 0.6) is 0 Å². The van der Waals surface area contributed by atoms with Crippen molar-refractivity contribution in [2.75, 3.05) is 0 Å². The van der Waals surface area contributed by atoms with Gasteiger partial charge in [-0.15, -0.1) is 6.58 Å². The Balaban J connectivity index is 2.46. The number of hydrogen-bond acceptors (Lipinski definition) is 2. The Morgan fingerprint density at radius 3 is 2.39 bits per heavy atom. The number of nitrogens with zero attached hydrogens (tertiary/aromatic N) is 1. The van der Waals surface area contributed by atoms with Crippen LogP contribution in [0, 0.1) is 17.5 Å². The Morgan fingerprint density at radius 2 is 1.87 bits per heavy atom. The molecule has 7 heteroatoms. The molecule has 4 nitrogen and oxygen atoms in total. The van der Waals surface area contributed by atoms with Crippen molar-refractivity contribution in [3.8, 4) is 0 Å². The fourth-order valence-corrected chi connectivity index (χ4v) is 2.91. The number of hydrogen-bond donors (Lipinski definition) is 1. The van der Waals surface area contributed by atoms with E-state index in [2.05, 4.69) is 6.58 Å². The maximum absolute atomic E-state index is 13.5. The highest BCUT2D eigenvalue weighted by Gasteiger charge is 2.38. The predicted molar refractivity (Wildman–Crippen MR) is 76.0 cm³/mol. The summed E-state index contributed by atoms with van der Waals surface area (Å²) in [6.45, 7) is 3.44. The quantitative estimate of drug-likeness (QED) is 0.682. The lowest BCUT2D eigenvalue weighted by Crippen LogP contribution is -2.49. The summed E-state index contributed by atoms with van der Waals surface area (Å²) in [4.78, 5) is 24.8. The van der Waals surface area contributed by atoms with E-state index in [0.29, 0.717) is 12.8 Å². The normalized spacial score (nSPS) is 21.1. The van der Waals surface area contributed by atoms with E-state index in [4.69, 9.17) is 0 Å². The molecular weight excluding hydrogens is 311 g/mol. The molecule has 0 bridgehead atoms. The molecule has 0 aromatic heterocycles. The maximum Gasteiger partial charge on any atom is 0.326 e. The molecule has 2 atom stereocenters. The highest BCUT2D eigenvalue weighted by molar-refractivity contribution is 5.85. The van der Waals surface area contributed by atoms with E-state index in [1.807, 2.05) is 0 Å². The van der Waals surface area contributed by atoms with Crippen LogP contribution in [0.2, 0.25) is 0 Å². The topological polar surface area (TPSA) is 57.6 Å². The Kier molecular flexibility index (Phi) is 5.08. The van der Waals surface area contributed by atoms with E-state index in [1.54, 1.807) is 0 Å². The van der Waals surface area contributed by atoms with Gasteiger partial charge in [-0.25, -0.2) is 18.0 Å². The third kappa shape index (κ3) is 3.38. The summed E-state index contributed by atoms with van der Waals surface area (Å²) < 4.78 is 40.1. The smallest absolute Gasteiger partial charge is 0.326 e. The molecule has 0 radical (unpaired) electrons. The van der Waals surface area contributed by atoms with Gasteiger partial charge in [-0.2, -0.15) is 0 Å². The summed E-state index contributed by atoms with van der Waals surface area (Å²) in [6.07, 6.45) is 2.31. The second-order valence-electron chi connectivity index (χ2n) is 5.39. The number of benzene rings is 1. The Hall–Kier alpha value is -2.31. The van der Waals surface area contributed by atoms with Crippen molar-refractivity contribution in [2.24, 2.45) is 0 Å². The molecule has 1 N–H and O–H groups in total. The number of halogens is 3. The van der Waals surface area contributed by atoms with Gasteiger partial charge in [0.25, 0.3) is 0 Å². The van der Waals surface area contributed by atoms with Gasteiger partial charge in [0.2, 0.25) is 5.91 Å². The van der Waals surface area contributed by atoms with Gasteiger partial charge in [0.1, 0.15) is 6.04 Å². The fraction of sp³-hybridized carbons (Fsp3) is 0.375. The predicted octanol–water partition coefficient (Wildman–Crippen LogP) is 3.19. The number of carbonyl (C=O) groups excluding carboxylic acids is 1. The molecular formula is C16H16F3NO3. The molecule has 0 saturated carbocycles. The molecule has 124 valence electrons. The van der Waals surface area contributed by atoms with E-state index in [0.717, 1.165) is 17.0 Å². The molecule has 0 spiro atoms. The van der Waals surface area contributed by atoms with E-state index < -0.39 is 41.4 Å². The zero-order chi connectivity index (χ0) is 17.1. The zero-order valence-corrected chi connectivity index (χ0v) is 12.3. The van der Waals surface area contributed by atoms with Gasteiger partial charge in [-0.05, 0) is 37.0 Å². The molecule has 2 rings (SSSR count). The standard InChI is InChI=1S/C16H16F3NO3/c1-2-4-14(21)20-12(5-3-6-13(20)16(22)23)9-7-10(17)15(19)11(18)8-9/h2,7-8,12-13H,1,3-6H2,(H,22,23). The van der Waals surface area contributed by atoms with Crippen LogP contribution in [-0.2, 0) is 9.59 Å². The first-order valence-corrected chi connectivity index (χ1v) is 7.16. The molecule has 1 aromatic rings. The first kappa shape index (κ1) is 17.1.